The molecule has 0 aromatic heterocycles. The van der Waals surface area contributed by atoms with Crippen LogP contribution < -0.4 is 16.0 Å². The van der Waals surface area contributed by atoms with E-state index >= 15 is 0 Å². The predicted molar refractivity (Wildman–Crippen MR) is 92.1 cm³/mol. The van der Waals surface area contributed by atoms with Crippen LogP contribution in [0.25, 0.3) is 0 Å². The molecule has 0 unspecified atom stereocenters. The van der Waals surface area contributed by atoms with Crippen molar-refractivity contribution in [3.8, 4) is 0 Å². The molecular formula is C18H30N3O2+. The third-order valence-corrected chi connectivity index (χ3v) is 4.26. The van der Waals surface area contributed by atoms with Crippen molar-refractivity contribution in [3.05, 3.63) is 35.4 Å². The molecule has 1 aromatic rings. The Bertz CT molecular complexity index is 512. The fourth-order valence-electron chi connectivity index (χ4n) is 2.55. The fraction of sp³-hybridized carbons (Fsp3) is 0.556. The van der Waals surface area contributed by atoms with Crippen molar-refractivity contribution in [3.63, 3.8) is 0 Å². The van der Waals surface area contributed by atoms with Crippen molar-refractivity contribution in [2.45, 2.75) is 46.1 Å². The van der Waals surface area contributed by atoms with Crippen LogP contribution >= 0.6 is 0 Å². The van der Waals surface area contributed by atoms with Gasteiger partial charge in [0.15, 0.2) is 6.54 Å². The van der Waals surface area contributed by atoms with Crippen molar-refractivity contribution in [2.24, 2.45) is 5.92 Å². The Morgan fingerprint density at radius 1 is 1.09 bits per heavy atom. The molecule has 0 aliphatic rings. The number of hydrogen-bond acceptors (Lipinski definition) is 2. The van der Waals surface area contributed by atoms with Crippen LogP contribution in [0.15, 0.2) is 24.3 Å². The second-order valence-corrected chi connectivity index (χ2v) is 6.31. The first-order valence-electron chi connectivity index (χ1n) is 8.33. The molecule has 0 spiro atoms. The van der Waals surface area contributed by atoms with E-state index in [1.165, 1.54) is 18.2 Å². The molecule has 5 nitrogen and oxygen atoms in total. The van der Waals surface area contributed by atoms with Gasteiger partial charge in [0.2, 0.25) is 0 Å². The molecule has 2 atom stereocenters. The van der Waals surface area contributed by atoms with Crippen LogP contribution in [0.5, 0.6) is 0 Å². The maximum absolute atomic E-state index is 11.7. The monoisotopic (exact) mass is 320 g/mol. The molecule has 0 fully saturated rings. The van der Waals surface area contributed by atoms with E-state index in [0.29, 0.717) is 11.8 Å². The average Bonchev–Trinajstić information content (AvgIpc) is 2.54. The summed E-state index contributed by atoms with van der Waals surface area (Å²) in [5, 5.41) is 6.65. The Morgan fingerprint density at radius 3 is 2.13 bits per heavy atom. The Kier molecular flexibility index (Phi) is 7.75. The Balaban J connectivity index is 2.71. The number of quaternary nitrogens is 1. The maximum Gasteiger partial charge on any atom is 0.321 e. The highest BCUT2D eigenvalue weighted by atomic mass is 16.2. The van der Waals surface area contributed by atoms with Gasteiger partial charge in [-0.15, -0.1) is 0 Å². The third-order valence-electron chi connectivity index (χ3n) is 4.26. The number of rotatable bonds is 7. The molecule has 1 rings (SSSR count). The molecule has 1 aromatic carbocycles. The van der Waals surface area contributed by atoms with Gasteiger partial charge in [0, 0.05) is 18.5 Å². The second-order valence-electron chi connectivity index (χ2n) is 6.31. The quantitative estimate of drug-likeness (QED) is 0.718. The van der Waals surface area contributed by atoms with Crippen molar-refractivity contribution in [1.29, 1.82) is 0 Å². The summed E-state index contributed by atoms with van der Waals surface area (Å²) in [6.07, 6.45) is 1.12. The normalized spacial score (nSPS) is 13.5. The SMILES string of the molecule is CC[C@@H](C)c1ccc([C@@H]([NH2+]CC(=O)NC(=O)NC)C(C)C)cc1. The third kappa shape index (κ3) is 6.02. The van der Waals surface area contributed by atoms with E-state index in [1.54, 1.807) is 0 Å². The average molecular weight is 320 g/mol. The lowest BCUT2D eigenvalue weighted by Crippen LogP contribution is -2.88. The van der Waals surface area contributed by atoms with E-state index in [4.69, 9.17) is 0 Å². The summed E-state index contributed by atoms with van der Waals surface area (Å²) < 4.78 is 0. The first-order chi connectivity index (χ1) is 10.9. The van der Waals surface area contributed by atoms with Crippen LogP contribution in [-0.2, 0) is 4.79 Å². The lowest BCUT2D eigenvalue weighted by molar-refractivity contribution is -0.692. The number of benzene rings is 1. The molecule has 0 saturated carbocycles. The van der Waals surface area contributed by atoms with Crippen LogP contribution in [0.1, 0.15) is 57.2 Å². The van der Waals surface area contributed by atoms with Gasteiger partial charge in [0.1, 0.15) is 6.04 Å². The lowest BCUT2D eigenvalue weighted by atomic mass is 9.92. The van der Waals surface area contributed by atoms with E-state index < -0.39 is 6.03 Å². The Morgan fingerprint density at radius 2 is 1.65 bits per heavy atom. The summed E-state index contributed by atoms with van der Waals surface area (Å²) >= 11 is 0. The standard InChI is InChI=1S/C18H29N3O2/c1-6-13(4)14-7-9-15(10-8-14)17(12(2)3)20-11-16(22)21-18(23)19-5/h7-10,12-13,17,20H,6,11H2,1-5H3,(H2,19,21,22,23)/p+1/t13-,17+/m1/s1. The Labute approximate surface area is 139 Å². The van der Waals surface area contributed by atoms with Crippen molar-refractivity contribution in [1.82, 2.24) is 10.6 Å². The summed E-state index contributed by atoms with van der Waals surface area (Å²) in [5.74, 6) is 0.660. The number of carbonyl (C=O) groups is 2. The van der Waals surface area contributed by atoms with E-state index in [9.17, 15) is 9.59 Å². The molecule has 3 amide bonds. The van der Waals surface area contributed by atoms with Gasteiger partial charge >= 0.3 is 6.03 Å². The van der Waals surface area contributed by atoms with E-state index in [0.717, 1.165) is 6.42 Å². The molecule has 4 N–H and O–H groups in total. The number of imide groups is 1. The summed E-state index contributed by atoms with van der Waals surface area (Å²) in [5.41, 5.74) is 2.55. The van der Waals surface area contributed by atoms with Gasteiger partial charge in [-0.05, 0) is 17.9 Å². The molecular weight excluding hydrogens is 290 g/mol. The number of amides is 3. The highest BCUT2D eigenvalue weighted by Crippen LogP contribution is 2.22. The molecule has 0 aliphatic heterocycles. The number of nitrogens with one attached hydrogen (secondary N) is 2. The van der Waals surface area contributed by atoms with Crippen LogP contribution in [0, 0.1) is 5.92 Å². The van der Waals surface area contributed by atoms with E-state index in [-0.39, 0.29) is 18.5 Å². The largest absolute Gasteiger partial charge is 0.341 e. The van der Waals surface area contributed by atoms with Crippen LogP contribution in [0.2, 0.25) is 0 Å². The topological polar surface area (TPSA) is 74.8 Å². The molecule has 0 bridgehead atoms. The molecule has 0 radical (unpaired) electrons. The molecule has 5 heteroatoms. The van der Waals surface area contributed by atoms with Gasteiger partial charge in [-0.3, -0.25) is 10.1 Å². The summed E-state index contributed by atoms with van der Waals surface area (Å²) in [4.78, 5) is 22.9. The fourth-order valence-corrected chi connectivity index (χ4v) is 2.55. The zero-order chi connectivity index (χ0) is 17.4. The first kappa shape index (κ1) is 19.2. The minimum atomic E-state index is -0.470. The molecule has 0 saturated heterocycles. The number of urea groups is 1. The number of carbonyl (C=O) groups excluding carboxylic acids is 2. The van der Waals surface area contributed by atoms with Crippen LogP contribution in [0.4, 0.5) is 4.79 Å². The minimum absolute atomic E-state index is 0.191. The Hall–Kier alpha value is -1.88. The van der Waals surface area contributed by atoms with E-state index in [2.05, 4.69) is 62.6 Å². The van der Waals surface area contributed by atoms with E-state index in [1.807, 2.05) is 5.32 Å². The van der Waals surface area contributed by atoms with Gasteiger partial charge in [-0.1, -0.05) is 52.0 Å². The summed E-state index contributed by atoms with van der Waals surface area (Å²) in [6, 6.07) is 8.38. The molecule has 0 heterocycles. The summed E-state index contributed by atoms with van der Waals surface area (Å²) in [7, 11) is 1.49. The summed E-state index contributed by atoms with van der Waals surface area (Å²) in [6.45, 7) is 8.92. The first-order valence-corrected chi connectivity index (χ1v) is 8.33. The van der Waals surface area contributed by atoms with Crippen molar-refractivity contribution >= 4 is 11.9 Å². The molecule has 0 aliphatic carbocycles. The van der Waals surface area contributed by atoms with Crippen LogP contribution in [0.3, 0.4) is 0 Å². The van der Waals surface area contributed by atoms with Gasteiger partial charge < -0.3 is 10.6 Å². The number of hydrogen-bond donors (Lipinski definition) is 3. The van der Waals surface area contributed by atoms with Gasteiger partial charge in [-0.25, -0.2) is 4.79 Å². The van der Waals surface area contributed by atoms with Crippen molar-refractivity contribution in [2.75, 3.05) is 13.6 Å². The zero-order valence-corrected chi connectivity index (χ0v) is 14.8. The molecule has 23 heavy (non-hydrogen) atoms. The smallest absolute Gasteiger partial charge is 0.321 e. The predicted octanol–water partition coefficient (Wildman–Crippen LogP) is 1.92. The highest BCUT2D eigenvalue weighted by molar-refractivity contribution is 5.94. The second kappa shape index (κ2) is 9.30. The van der Waals surface area contributed by atoms with Gasteiger partial charge in [0.25, 0.3) is 5.91 Å². The van der Waals surface area contributed by atoms with Gasteiger partial charge in [0.05, 0.1) is 0 Å². The van der Waals surface area contributed by atoms with Crippen molar-refractivity contribution < 1.29 is 14.9 Å². The number of nitrogens with two attached hydrogens (primary N) is 1. The highest BCUT2D eigenvalue weighted by Gasteiger charge is 2.21. The maximum atomic E-state index is 11.7. The molecule has 128 valence electrons. The lowest BCUT2D eigenvalue weighted by Gasteiger charge is -2.20. The minimum Gasteiger partial charge on any atom is -0.341 e. The van der Waals surface area contributed by atoms with Gasteiger partial charge in [-0.2, -0.15) is 0 Å². The zero-order valence-electron chi connectivity index (χ0n) is 14.8. The van der Waals surface area contributed by atoms with Crippen LogP contribution in [-0.4, -0.2) is 25.5 Å².